The fourth-order valence-corrected chi connectivity index (χ4v) is 5.15. The molecule has 146 valence electrons. The number of hydrogen-bond donors (Lipinski definition) is 1. The van der Waals surface area contributed by atoms with Crippen molar-refractivity contribution in [2.75, 3.05) is 6.54 Å². The van der Waals surface area contributed by atoms with Gasteiger partial charge in [0, 0.05) is 12.1 Å². The maximum Gasteiger partial charge on any atom is 0.123 e. The topological polar surface area (TPSA) is 29.9 Å². The van der Waals surface area contributed by atoms with Gasteiger partial charge in [0.05, 0.1) is 17.4 Å². The summed E-state index contributed by atoms with van der Waals surface area (Å²) in [5, 5.41) is 3.80. The van der Waals surface area contributed by atoms with E-state index in [1.165, 1.54) is 47.9 Å². The molecular weight excluding hydrogens is 349 g/mol. The minimum Gasteiger partial charge on any atom is -0.327 e. The second kappa shape index (κ2) is 7.32. The van der Waals surface area contributed by atoms with E-state index in [0.717, 1.165) is 24.9 Å². The standard InChI is InChI=1S/C24H28FN3/c1-16-2-9-24-23(10-16)27-15-28(24)22-7-5-21(6-8-22)26-14-17-11-18-3-4-20(25)13-19(18)12-17/h2-4,9-10,13,15,17,21-22,26H,5-8,11-12,14H2,1H3. The van der Waals surface area contributed by atoms with Crippen molar-refractivity contribution in [3.05, 3.63) is 65.2 Å². The smallest absolute Gasteiger partial charge is 0.123 e. The van der Waals surface area contributed by atoms with Crippen LogP contribution < -0.4 is 5.32 Å². The molecule has 0 radical (unpaired) electrons. The summed E-state index contributed by atoms with van der Waals surface area (Å²) in [6.07, 6.45) is 8.95. The molecule has 1 unspecified atom stereocenters. The SMILES string of the molecule is Cc1ccc2c(c1)ncn2C1CCC(NCC2Cc3ccc(F)cc3C2)CC1. The number of hydrogen-bond acceptors (Lipinski definition) is 2. The molecule has 2 aromatic carbocycles. The van der Waals surface area contributed by atoms with Gasteiger partial charge in [0.1, 0.15) is 5.82 Å². The number of halogens is 1. The van der Waals surface area contributed by atoms with Crippen LogP contribution in [0.3, 0.4) is 0 Å². The lowest BCUT2D eigenvalue weighted by atomic mass is 9.90. The van der Waals surface area contributed by atoms with Crippen LogP contribution in [0.1, 0.15) is 48.4 Å². The first-order chi connectivity index (χ1) is 13.7. The van der Waals surface area contributed by atoms with Gasteiger partial charge >= 0.3 is 0 Å². The van der Waals surface area contributed by atoms with Gasteiger partial charge in [-0.25, -0.2) is 9.37 Å². The van der Waals surface area contributed by atoms with Crippen LogP contribution in [-0.4, -0.2) is 22.1 Å². The van der Waals surface area contributed by atoms with Crippen molar-refractivity contribution in [1.82, 2.24) is 14.9 Å². The molecule has 0 amide bonds. The molecule has 0 saturated heterocycles. The van der Waals surface area contributed by atoms with E-state index >= 15 is 0 Å². The summed E-state index contributed by atoms with van der Waals surface area (Å²) >= 11 is 0. The van der Waals surface area contributed by atoms with E-state index in [2.05, 4.69) is 40.0 Å². The van der Waals surface area contributed by atoms with Crippen molar-refractivity contribution in [2.45, 2.75) is 57.5 Å². The van der Waals surface area contributed by atoms with E-state index in [1.807, 2.05) is 12.4 Å². The molecule has 1 saturated carbocycles. The molecule has 1 atom stereocenters. The van der Waals surface area contributed by atoms with Gasteiger partial charge in [0.2, 0.25) is 0 Å². The van der Waals surface area contributed by atoms with Crippen molar-refractivity contribution in [1.29, 1.82) is 0 Å². The van der Waals surface area contributed by atoms with E-state index in [4.69, 9.17) is 0 Å². The zero-order valence-electron chi connectivity index (χ0n) is 16.5. The first-order valence-electron chi connectivity index (χ1n) is 10.6. The number of fused-ring (bicyclic) bond motifs is 2. The number of aryl methyl sites for hydroxylation is 1. The van der Waals surface area contributed by atoms with Crippen molar-refractivity contribution >= 4 is 11.0 Å². The van der Waals surface area contributed by atoms with Gasteiger partial charge in [-0.2, -0.15) is 0 Å². The number of benzene rings is 2. The highest BCUT2D eigenvalue weighted by Gasteiger charge is 2.26. The van der Waals surface area contributed by atoms with Crippen molar-refractivity contribution in [3.63, 3.8) is 0 Å². The molecule has 3 aromatic rings. The van der Waals surface area contributed by atoms with Crippen LogP contribution in [-0.2, 0) is 12.8 Å². The molecule has 5 rings (SSSR count). The van der Waals surface area contributed by atoms with Crippen LogP contribution in [0, 0.1) is 18.7 Å². The summed E-state index contributed by atoms with van der Waals surface area (Å²) in [6.45, 7) is 3.16. The lowest BCUT2D eigenvalue weighted by Crippen LogP contribution is -2.37. The number of nitrogens with one attached hydrogen (secondary N) is 1. The minimum absolute atomic E-state index is 0.104. The zero-order valence-corrected chi connectivity index (χ0v) is 16.5. The van der Waals surface area contributed by atoms with Crippen LogP contribution >= 0.6 is 0 Å². The summed E-state index contributed by atoms with van der Waals surface area (Å²) in [7, 11) is 0. The quantitative estimate of drug-likeness (QED) is 0.695. The summed E-state index contributed by atoms with van der Waals surface area (Å²) in [4.78, 5) is 4.61. The predicted octanol–water partition coefficient (Wildman–Crippen LogP) is 4.97. The van der Waals surface area contributed by atoms with Crippen LogP contribution in [0.15, 0.2) is 42.7 Å². The van der Waals surface area contributed by atoms with Crippen LogP contribution in [0.2, 0.25) is 0 Å². The fourth-order valence-electron chi connectivity index (χ4n) is 5.15. The maximum atomic E-state index is 13.4. The number of imidazole rings is 1. The normalized spacial score (nSPS) is 24.6. The molecule has 0 bridgehead atoms. The van der Waals surface area contributed by atoms with Crippen molar-refractivity contribution < 1.29 is 4.39 Å². The third kappa shape index (κ3) is 3.46. The van der Waals surface area contributed by atoms with Gasteiger partial charge in [-0.15, -0.1) is 0 Å². The summed E-state index contributed by atoms with van der Waals surface area (Å²) in [5.41, 5.74) is 6.18. The molecule has 1 fully saturated rings. The van der Waals surface area contributed by atoms with E-state index in [9.17, 15) is 4.39 Å². The molecule has 2 aliphatic rings. The molecule has 4 heteroatoms. The number of aromatic nitrogens is 2. The van der Waals surface area contributed by atoms with Crippen LogP contribution in [0.4, 0.5) is 4.39 Å². The van der Waals surface area contributed by atoms with Gasteiger partial charge < -0.3 is 9.88 Å². The molecular formula is C24H28FN3. The molecule has 0 spiro atoms. The summed E-state index contributed by atoms with van der Waals surface area (Å²) in [5.74, 6) is 0.503. The lowest BCUT2D eigenvalue weighted by Gasteiger charge is -2.31. The predicted molar refractivity (Wildman–Crippen MR) is 111 cm³/mol. The Labute approximate surface area is 166 Å². The molecule has 1 N–H and O–H groups in total. The Morgan fingerprint density at radius 2 is 1.86 bits per heavy atom. The molecule has 2 aliphatic carbocycles. The highest BCUT2D eigenvalue weighted by molar-refractivity contribution is 5.76. The van der Waals surface area contributed by atoms with Crippen LogP contribution in [0.25, 0.3) is 11.0 Å². The first kappa shape index (κ1) is 17.9. The zero-order chi connectivity index (χ0) is 19.1. The van der Waals surface area contributed by atoms with Gasteiger partial charge in [0.25, 0.3) is 0 Å². The Bertz CT molecular complexity index is 985. The van der Waals surface area contributed by atoms with Crippen molar-refractivity contribution in [2.24, 2.45) is 5.92 Å². The third-order valence-electron chi connectivity index (χ3n) is 6.70. The number of nitrogens with zero attached hydrogens (tertiary/aromatic N) is 2. The Balaban J connectivity index is 1.15. The Hall–Kier alpha value is -2.20. The monoisotopic (exact) mass is 377 g/mol. The fraction of sp³-hybridized carbons (Fsp3) is 0.458. The van der Waals surface area contributed by atoms with Gasteiger partial charge in [0.15, 0.2) is 0 Å². The minimum atomic E-state index is -0.104. The van der Waals surface area contributed by atoms with Crippen molar-refractivity contribution in [3.8, 4) is 0 Å². The van der Waals surface area contributed by atoms with E-state index in [-0.39, 0.29) is 5.82 Å². The summed E-state index contributed by atoms with van der Waals surface area (Å²) < 4.78 is 15.8. The maximum absolute atomic E-state index is 13.4. The van der Waals surface area contributed by atoms with Gasteiger partial charge in [-0.3, -0.25) is 0 Å². The second-order valence-electron chi connectivity index (χ2n) is 8.75. The third-order valence-corrected chi connectivity index (χ3v) is 6.70. The average molecular weight is 378 g/mol. The largest absolute Gasteiger partial charge is 0.327 e. The average Bonchev–Trinajstić information content (AvgIpc) is 3.29. The molecule has 3 nitrogen and oxygen atoms in total. The Morgan fingerprint density at radius 3 is 2.71 bits per heavy atom. The summed E-state index contributed by atoms with van der Waals surface area (Å²) in [6, 6.07) is 13.0. The lowest BCUT2D eigenvalue weighted by molar-refractivity contribution is 0.285. The van der Waals surface area contributed by atoms with E-state index < -0.39 is 0 Å². The van der Waals surface area contributed by atoms with E-state index in [1.54, 1.807) is 12.1 Å². The van der Waals surface area contributed by atoms with E-state index in [0.29, 0.717) is 18.0 Å². The Kier molecular flexibility index (Phi) is 4.67. The second-order valence-corrected chi connectivity index (χ2v) is 8.75. The molecule has 28 heavy (non-hydrogen) atoms. The highest BCUT2D eigenvalue weighted by atomic mass is 19.1. The Morgan fingerprint density at radius 1 is 1.04 bits per heavy atom. The molecule has 1 aromatic heterocycles. The van der Waals surface area contributed by atoms with Gasteiger partial charge in [-0.1, -0.05) is 12.1 Å². The van der Waals surface area contributed by atoms with Crippen LogP contribution in [0.5, 0.6) is 0 Å². The first-order valence-corrected chi connectivity index (χ1v) is 10.6. The van der Waals surface area contributed by atoms with Gasteiger partial charge in [-0.05, 0) is 98.9 Å². The highest BCUT2D eigenvalue weighted by Crippen LogP contribution is 2.32. The molecule has 1 heterocycles. The molecule has 0 aliphatic heterocycles. The number of rotatable bonds is 4.